The van der Waals surface area contributed by atoms with E-state index in [1.165, 1.54) is 25.3 Å². The standard InChI is InChI=1S/C22H24O12/c1-31-13-3-2-8(19-12(25)7-10-11(24)5-9(23)6-14(10)32-19)4-15(13)33-22-18(28)16(26)17(27)20(34-22)21(29)30/h2-6,12,16-20,22-28H,7H2,1H3,(H,29,30)/t12?,16-,17-,18+,19?,20-,22+/m0/s1. The van der Waals surface area contributed by atoms with Crippen LogP contribution in [0.3, 0.4) is 0 Å². The number of hydrogen-bond acceptors (Lipinski definition) is 11. The van der Waals surface area contributed by atoms with Crippen molar-refractivity contribution in [1.29, 1.82) is 0 Å². The Bertz CT molecular complexity index is 1070. The third-order valence-corrected chi connectivity index (χ3v) is 5.76. The van der Waals surface area contributed by atoms with E-state index >= 15 is 0 Å². The van der Waals surface area contributed by atoms with Crippen molar-refractivity contribution in [3.8, 4) is 28.7 Å². The lowest BCUT2D eigenvalue weighted by Crippen LogP contribution is -2.61. The summed E-state index contributed by atoms with van der Waals surface area (Å²) < 4.78 is 21.8. The molecule has 0 aromatic heterocycles. The highest BCUT2D eigenvalue weighted by molar-refractivity contribution is 5.73. The average Bonchev–Trinajstić information content (AvgIpc) is 2.79. The van der Waals surface area contributed by atoms with Gasteiger partial charge in [0.05, 0.1) is 13.2 Å². The van der Waals surface area contributed by atoms with Gasteiger partial charge in [-0.2, -0.15) is 0 Å². The molecule has 12 heteroatoms. The Morgan fingerprint density at radius 1 is 1.00 bits per heavy atom. The number of fused-ring (bicyclic) bond motifs is 1. The van der Waals surface area contributed by atoms with Gasteiger partial charge in [-0.25, -0.2) is 4.79 Å². The number of phenols is 2. The summed E-state index contributed by atoms with van der Waals surface area (Å²) in [6.45, 7) is 0. The van der Waals surface area contributed by atoms with Crippen molar-refractivity contribution in [2.45, 2.75) is 49.3 Å². The van der Waals surface area contributed by atoms with Crippen molar-refractivity contribution in [3.05, 3.63) is 41.5 Å². The van der Waals surface area contributed by atoms with Gasteiger partial charge in [0.15, 0.2) is 17.6 Å². The van der Waals surface area contributed by atoms with E-state index in [2.05, 4.69) is 0 Å². The Kier molecular flexibility index (Phi) is 6.43. The molecular weight excluding hydrogens is 456 g/mol. The van der Waals surface area contributed by atoms with Crippen molar-refractivity contribution in [2.24, 2.45) is 0 Å². The summed E-state index contributed by atoms with van der Waals surface area (Å²) in [5, 5.41) is 69.8. The minimum absolute atomic E-state index is 0.0304. The number of hydrogen-bond donors (Lipinski definition) is 7. The maximum absolute atomic E-state index is 11.3. The number of aliphatic hydroxyl groups excluding tert-OH is 4. The van der Waals surface area contributed by atoms with Gasteiger partial charge in [0.25, 0.3) is 0 Å². The minimum Gasteiger partial charge on any atom is -0.508 e. The van der Waals surface area contributed by atoms with Crippen molar-refractivity contribution >= 4 is 5.97 Å². The van der Waals surface area contributed by atoms with Gasteiger partial charge >= 0.3 is 5.97 Å². The van der Waals surface area contributed by atoms with Crippen molar-refractivity contribution < 1.29 is 59.5 Å². The maximum atomic E-state index is 11.3. The molecule has 1 saturated heterocycles. The molecule has 2 aromatic rings. The first-order valence-corrected chi connectivity index (χ1v) is 10.3. The topological polar surface area (TPSA) is 196 Å². The van der Waals surface area contributed by atoms with Crippen LogP contribution in [0.1, 0.15) is 17.2 Å². The number of carboxylic acid groups (broad SMARTS) is 1. The van der Waals surface area contributed by atoms with Gasteiger partial charge in [-0.15, -0.1) is 0 Å². The monoisotopic (exact) mass is 480 g/mol. The van der Waals surface area contributed by atoms with E-state index in [1.54, 1.807) is 6.07 Å². The number of rotatable bonds is 5. The van der Waals surface area contributed by atoms with E-state index in [1.807, 2.05) is 0 Å². The highest BCUT2D eigenvalue weighted by Gasteiger charge is 2.48. The Morgan fingerprint density at radius 3 is 2.41 bits per heavy atom. The second kappa shape index (κ2) is 9.16. The van der Waals surface area contributed by atoms with E-state index in [4.69, 9.17) is 18.9 Å². The smallest absolute Gasteiger partial charge is 0.335 e. The molecule has 34 heavy (non-hydrogen) atoms. The van der Waals surface area contributed by atoms with Crippen LogP contribution >= 0.6 is 0 Å². The molecule has 0 amide bonds. The number of aromatic hydroxyl groups is 2. The number of benzene rings is 2. The van der Waals surface area contributed by atoms with Gasteiger partial charge in [-0.1, -0.05) is 6.07 Å². The third kappa shape index (κ3) is 4.29. The number of carboxylic acids is 1. The highest BCUT2D eigenvalue weighted by Crippen LogP contribution is 2.43. The Hall–Kier alpha value is -3.29. The molecule has 0 radical (unpaired) electrons. The van der Waals surface area contributed by atoms with Gasteiger partial charge in [0.1, 0.15) is 41.7 Å². The Morgan fingerprint density at radius 2 is 1.74 bits per heavy atom. The molecule has 2 aliphatic rings. The molecule has 0 saturated carbocycles. The minimum atomic E-state index is -1.88. The van der Waals surface area contributed by atoms with Crippen LogP contribution in [0.4, 0.5) is 0 Å². The normalized spacial score (nSPS) is 30.7. The van der Waals surface area contributed by atoms with Crippen LogP contribution in [0.2, 0.25) is 0 Å². The predicted molar refractivity (Wildman–Crippen MR) is 111 cm³/mol. The van der Waals surface area contributed by atoms with Gasteiger partial charge in [0.2, 0.25) is 6.29 Å². The van der Waals surface area contributed by atoms with Crippen molar-refractivity contribution in [2.75, 3.05) is 7.11 Å². The van der Waals surface area contributed by atoms with Crippen LogP contribution in [-0.4, -0.2) is 85.6 Å². The van der Waals surface area contributed by atoms with E-state index < -0.39 is 48.9 Å². The lowest BCUT2D eigenvalue weighted by atomic mass is 9.94. The van der Waals surface area contributed by atoms with Crippen molar-refractivity contribution in [1.82, 2.24) is 0 Å². The predicted octanol–water partition coefficient (Wildman–Crippen LogP) is -0.586. The zero-order valence-corrected chi connectivity index (χ0v) is 17.8. The molecule has 184 valence electrons. The number of aliphatic hydroxyl groups is 4. The van der Waals surface area contributed by atoms with Crippen LogP contribution in [0.15, 0.2) is 30.3 Å². The summed E-state index contributed by atoms with van der Waals surface area (Å²) in [6.07, 6.45) is -11.0. The number of ether oxygens (including phenoxy) is 4. The first-order valence-electron chi connectivity index (χ1n) is 10.3. The number of aliphatic carboxylic acids is 1. The molecule has 12 nitrogen and oxygen atoms in total. The molecule has 0 bridgehead atoms. The Balaban J connectivity index is 1.63. The molecular formula is C22H24O12. The largest absolute Gasteiger partial charge is 0.508 e. The first kappa shape index (κ1) is 23.9. The van der Waals surface area contributed by atoms with E-state index in [-0.39, 0.29) is 35.2 Å². The summed E-state index contributed by atoms with van der Waals surface area (Å²) in [4.78, 5) is 11.3. The highest BCUT2D eigenvalue weighted by atomic mass is 16.7. The number of methoxy groups -OCH3 is 1. The van der Waals surface area contributed by atoms with E-state index in [0.29, 0.717) is 11.1 Å². The molecule has 7 atom stereocenters. The summed E-state index contributed by atoms with van der Waals surface area (Å²) in [6, 6.07) is 6.90. The van der Waals surface area contributed by atoms with Crippen LogP contribution in [0.5, 0.6) is 28.7 Å². The van der Waals surface area contributed by atoms with E-state index in [9.17, 15) is 40.5 Å². The maximum Gasteiger partial charge on any atom is 0.335 e. The average molecular weight is 480 g/mol. The summed E-state index contributed by atoms with van der Waals surface area (Å²) in [5.74, 6) is -1.69. The molecule has 0 spiro atoms. The summed E-state index contributed by atoms with van der Waals surface area (Å²) >= 11 is 0. The molecule has 2 aromatic carbocycles. The van der Waals surface area contributed by atoms with Crippen LogP contribution < -0.4 is 14.2 Å². The van der Waals surface area contributed by atoms with Gasteiger partial charge in [-0.3, -0.25) is 0 Å². The van der Waals surface area contributed by atoms with Crippen LogP contribution in [0, 0.1) is 0 Å². The lowest BCUT2D eigenvalue weighted by Gasteiger charge is -2.38. The molecule has 2 unspecified atom stereocenters. The number of phenolic OH excluding ortho intramolecular Hbond substituents is 2. The lowest BCUT2D eigenvalue weighted by molar-refractivity contribution is -0.271. The SMILES string of the molecule is COc1ccc(C2Oc3cc(O)cc(O)c3CC2O)cc1O[C@@H]1O[C@H](C(=O)O)[C@@H](O)[C@H](O)[C@H]1O. The zero-order chi connectivity index (χ0) is 24.7. The molecule has 2 heterocycles. The Labute approximate surface area is 192 Å². The fourth-order valence-electron chi connectivity index (χ4n) is 3.99. The van der Waals surface area contributed by atoms with Gasteiger partial charge in [-0.05, 0) is 17.7 Å². The molecule has 4 rings (SSSR count). The molecule has 2 aliphatic heterocycles. The molecule has 0 aliphatic carbocycles. The summed E-state index contributed by atoms with van der Waals surface area (Å²) in [7, 11) is 1.34. The fraction of sp³-hybridized carbons (Fsp3) is 0.409. The third-order valence-electron chi connectivity index (χ3n) is 5.76. The van der Waals surface area contributed by atoms with E-state index in [0.717, 1.165) is 6.07 Å². The quantitative estimate of drug-likeness (QED) is 0.288. The second-order valence-corrected chi connectivity index (χ2v) is 8.01. The zero-order valence-electron chi connectivity index (χ0n) is 17.8. The van der Waals surface area contributed by atoms with Gasteiger partial charge in [0, 0.05) is 24.1 Å². The van der Waals surface area contributed by atoms with Crippen LogP contribution in [-0.2, 0) is 16.0 Å². The van der Waals surface area contributed by atoms with Gasteiger partial charge < -0.3 is 54.7 Å². The molecule has 7 N–H and O–H groups in total. The fourth-order valence-corrected chi connectivity index (χ4v) is 3.99. The number of carbonyl (C=O) groups is 1. The van der Waals surface area contributed by atoms with Crippen LogP contribution in [0.25, 0.3) is 0 Å². The van der Waals surface area contributed by atoms with Crippen molar-refractivity contribution in [3.63, 3.8) is 0 Å². The summed E-state index contributed by atoms with van der Waals surface area (Å²) in [5.41, 5.74) is 0.718. The first-order chi connectivity index (χ1) is 16.1. The second-order valence-electron chi connectivity index (χ2n) is 8.01. The molecule has 1 fully saturated rings.